The molecule has 1 amide bonds. The topological polar surface area (TPSA) is 93.2 Å². The molecule has 7 nitrogen and oxygen atoms in total. The molecule has 12 heteroatoms. The second kappa shape index (κ2) is 12.2. The van der Waals surface area contributed by atoms with Crippen LogP contribution in [0, 0.1) is 35.6 Å². The molecule has 1 atom stereocenters. The second-order valence-electron chi connectivity index (χ2n) is 8.66. The molecule has 4 rings (SSSR count). The number of para-hydroxylation sites is 1. The van der Waals surface area contributed by atoms with Crippen LogP contribution >= 0.6 is 11.6 Å². The van der Waals surface area contributed by atoms with Gasteiger partial charge >= 0.3 is 0 Å². The molecule has 0 radical (unpaired) electrons. The number of carbonyl (C=O) groups excluding carboxylic acids is 1. The van der Waals surface area contributed by atoms with Crippen LogP contribution in [0.1, 0.15) is 35.1 Å². The van der Waals surface area contributed by atoms with Gasteiger partial charge in [-0.1, -0.05) is 29.8 Å². The third kappa shape index (κ3) is 5.64. The summed E-state index contributed by atoms with van der Waals surface area (Å²) in [7, 11) is 0. The molecule has 1 heterocycles. The number of fused-ring (bicyclic) bond motifs is 1. The van der Waals surface area contributed by atoms with Gasteiger partial charge in [-0.2, -0.15) is 0 Å². The van der Waals surface area contributed by atoms with Crippen molar-refractivity contribution in [2.24, 2.45) is 5.73 Å². The second-order valence-corrected chi connectivity index (χ2v) is 9.10. The molecule has 1 unspecified atom stereocenters. The van der Waals surface area contributed by atoms with E-state index in [0.717, 1.165) is 9.58 Å². The Morgan fingerprint density at radius 1 is 1.10 bits per heavy atom. The molecule has 0 spiro atoms. The molecule has 0 aliphatic rings. The van der Waals surface area contributed by atoms with Gasteiger partial charge in [-0.05, 0) is 49.4 Å². The number of aromatic nitrogens is 2. The molecule has 0 aliphatic carbocycles. The first-order valence-electron chi connectivity index (χ1n) is 12.0. The molecule has 0 bridgehead atoms. The number of nitrogens with one attached hydrogen (secondary N) is 1. The SMILES string of the molecule is C#CCC(c1nc2cc(Cl)ccc2c(=O)n1Nc1ccccc1)N(CCCN)C(=O)c1cc(F)c(F)c(F)c1F. The van der Waals surface area contributed by atoms with Gasteiger partial charge in [0.15, 0.2) is 29.1 Å². The number of terminal acetylenes is 1. The van der Waals surface area contributed by atoms with Crippen molar-refractivity contribution < 1.29 is 22.4 Å². The Bertz CT molecular complexity index is 1670. The van der Waals surface area contributed by atoms with Crippen LogP contribution in [-0.2, 0) is 0 Å². The van der Waals surface area contributed by atoms with Gasteiger partial charge in [0.25, 0.3) is 11.5 Å². The van der Waals surface area contributed by atoms with Crippen molar-refractivity contribution >= 4 is 34.1 Å². The summed E-state index contributed by atoms with van der Waals surface area (Å²) in [6.07, 6.45) is 5.55. The molecule has 40 heavy (non-hydrogen) atoms. The van der Waals surface area contributed by atoms with Crippen molar-refractivity contribution in [3.05, 3.63) is 105 Å². The zero-order chi connectivity index (χ0) is 29.0. The first-order chi connectivity index (χ1) is 19.2. The number of nitrogens with zero attached hydrogens (tertiary/aromatic N) is 3. The Hall–Kier alpha value is -4.40. The van der Waals surface area contributed by atoms with Gasteiger partial charge in [0.05, 0.1) is 22.2 Å². The minimum atomic E-state index is -2.14. The molecule has 1 aromatic heterocycles. The van der Waals surface area contributed by atoms with Crippen LogP contribution in [0.15, 0.2) is 59.4 Å². The Labute approximate surface area is 231 Å². The van der Waals surface area contributed by atoms with E-state index in [-0.39, 0.29) is 53.7 Å². The van der Waals surface area contributed by atoms with Crippen LogP contribution in [0.4, 0.5) is 23.2 Å². The summed E-state index contributed by atoms with van der Waals surface area (Å²) in [6, 6.07) is 12.0. The Morgan fingerprint density at radius 3 is 2.50 bits per heavy atom. The summed E-state index contributed by atoms with van der Waals surface area (Å²) in [4.78, 5) is 32.9. The lowest BCUT2D eigenvalue weighted by atomic mass is 10.1. The smallest absolute Gasteiger partial charge is 0.280 e. The van der Waals surface area contributed by atoms with E-state index in [1.54, 1.807) is 30.3 Å². The van der Waals surface area contributed by atoms with E-state index in [1.165, 1.54) is 18.2 Å². The number of benzene rings is 3. The first kappa shape index (κ1) is 28.6. The molecule has 206 valence electrons. The predicted octanol–water partition coefficient (Wildman–Crippen LogP) is 5.04. The fourth-order valence-electron chi connectivity index (χ4n) is 4.15. The molecule has 3 aromatic carbocycles. The average Bonchev–Trinajstić information content (AvgIpc) is 2.95. The molecule has 0 aliphatic heterocycles. The van der Waals surface area contributed by atoms with Gasteiger partial charge in [0, 0.05) is 18.0 Å². The van der Waals surface area contributed by atoms with Crippen LogP contribution in [0.3, 0.4) is 0 Å². The number of halogens is 5. The normalized spacial score (nSPS) is 11.7. The molecule has 3 N–H and O–H groups in total. The Morgan fingerprint density at radius 2 is 1.82 bits per heavy atom. The highest BCUT2D eigenvalue weighted by Crippen LogP contribution is 2.29. The molecule has 4 aromatic rings. The van der Waals surface area contributed by atoms with Crippen LogP contribution in [0.2, 0.25) is 5.02 Å². The van der Waals surface area contributed by atoms with E-state index in [4.69, 9.17) is 23.8 Å². The van der Waals surface area contributed by atoms with Crippen molar-refractivity contribution in [2.75, 3.05) is 18.5 Å². The maximum absolute atomic E-state index is 14.7. The fourth-order valence-corrected chi connectivity index (χ4v) is 4.31. The molecular formula is C28H22ClF4N5O2. The Balaban J connectivity index is 1.96. The third-order valence-electron chi connectivity index (χ3n) is 6.05. The van der Waals surface area contributed by atoms with Crippen molar-refractivity contribution in [3.63, 3.8) is 0 Å². The lowest BCUT2D eigenvalue weighted by Gasteiger charge is -2.32. The van der Waals surface area contributed by atoms with Gasteiger partial charge in [0.1, 0.15) is 6.04 Å². The summed E-state index contributed by atoms with van der Waals surface area (Å²) in [6.45, 7) is -0.0898. The van der Waals surface area contributed by atoms with E-state index in [9.17, 15) is 27.2 Å². The standard InChI is InChI=1S/C28H22ClF4N5O2/c1-2-7-22(37(13-6-12-34)27(39)19-15-20(30)24(32)25(33)23(19)31)26-35-21-14-16(29)10-11-18(21)28(40)38(26)36-17-8-4-3-5-9-17/h1,3-5,8-11,14-15,22,36H,6-7,12-13,34H2. The van der Waals surface area contributed by atoms with E-state index < -0.39 is 46.3 Å². The van der Waals surface area contributed by atoms with Crippen LogP contribution < -0.4 is 16.7 Å². The van der Waals surface area contributed by atoms with Crippen LogP contribution in [0.25, 0.3) is 10.9 Å². The van der Waals surface area contributed by atoms with Gasteiger partial charge in [-0.25, -0.2) is 27.2 Å². The lowest BCUT2D eigenvalue weighted by molar-refractivity contribution is 0.0659. The van der Waals surface area contributed by atoms with Gasteiger partial charge in [-0.3, -0.25) is 15.0 Å². The summed E-state index contributed by atoms with van der Waals surface area (Å²) in [5.74, 6) is -6.71. The van der Waals surface area contributed by atoms with Crippen LogP contribution in [0.5, 0.6) is 0 Å². The van der Waals surface area contributed by atoms with E-state index in [2.05, 4.69) is 16.3 Å². The molecule has 0 saturated carbocycles. The Kier molecular flexibility index (Phi) is 8.72. The van der Waals surface area contributed by atoms with E-state index in [1.807, 2.05) is 0 Å². The number of nitrogens with two attached hydrogens (primary N) is 1. The highest BCUT2D eigenvalue weighted by Gasteiger charge is 2.33. The minimum Gasteiger partial charge on any atom is -0.330 e. The van der Waals surface area contributed by atoms with Crippen molar-refractivity contribution in [1.29, 1.82) is 0 Å². The molecular weight excluding hydrogens is 550 g/mol. The van der Waals surface area contributed by atoms with E-state index in [0.29, 0.717) is 5.69 Å². The maximum atomic E-state index is 14.7. The maximum Gasteiger partial charge on any atom is 0.280 e. The predicted molar refractivity (Wildman–Crippen MR) is 144 cm³/mol. The lowest BCUT2D eigenvalue weighted by Crippen LogP contribution is -2.42. The quantitative estimate of drug-likeness (QED) is 0.127. The summed E-state index contributed by atoms with van der Waals surface area (Å²) in [5, 5.41) is 0.465. The number of amides is 1. The summed E-state index contributed by atoms with van der Waals surface area (Å²) in [5.41, 5.74) is 7.62. The minimum absolute atomic E-state index is 0.0737. The number of rotatable bonds is 9. The molecule has 0 saturated heterocycles. The van der Waals surface area contributed by atoms with Crippen molar-refractivity contribution in [2.45, 2.75) is 18.9 Å². The summed E-state index contributed by atoms with van der Waals surface area (Å²) >= 11 is 6.14. The largest absolute Gasteiger partial charge is 0.330 e. The number of hydrogen-bond donors (Lipinski definition) is 2. The average molecular weight is 572 g/mol. The van der Waals surface area contributed by atoms with E-state index >= 15 is 0 Å². The number of carbonyl (C=O) groups is 1. The number of hydrogen-bond acceptors (Lipinski definition) is 5. The van der Waals surface area contributed by atoms with Gasteiger partial charge in [0.2, 0.25) is 0 Å². The van der Waals surface area contributed by atoms with Crippen molar-refractivity contribution in [1.82, 2.24) is 14.6 Å². The van der Waals surface area contributed by atoms with Crippen molar-refractivity contribution in [3.8, 4) is 12.3 Å². The van der Waals surface area contributed by atoms with Gasteiger partial charge in [-0.15, -0.1) is 12.3 Å². The highest BCUT2D eigenvalue weighted by molar-refractivity contribution is 6.31. The fraction of sp³-hybridized carbons (Fsp3) is 0.179. The molecule has 0 fully saturated rings. The number of anilines is 1. The summed E-state index contributed by atoms with van der Waals surface area (Å²) < 4.78 is 57.6. The zero-order valence-corrected chi connectivity index (χ0v) is 21.6. The van der Waals surface area contributed by atoms with Gasteiger partial charge < -0.3 is 10.6 Å². The highest BCUT2D eigenvalue weighted by atomic mass is 35.5. The monoisotopic (exact) mass is 571 g/mol. The third-order valence-corrected chi connectivity index (χ3v) is 6.29. The van der Waals surface area contributed by atoms with Crippen LogP contribution in [-0.4, -0.2) is 33.6 Å². The first-order valence-corrected chi connectivity index (χ1v) is 12.4. The zero-order valence-electron chi connectivity index (χ0n) is 20.8.